The molecule has 2 amide bonds. The van der Waals surface area contributed by atoms with Crippen molar-refractivity contribution >= 4 is 11.8 Å². The number of hydrogen-bond acceptors (Lipinski definition) is 5. The average molecular weight is 363 g/mol. The predicted octanol–water partition coefficient (Wildman–Crippen LogP) is 1.13. The highest BCUT2D eigenvalue weighted by atomic mass is 16.5. The molecule has 1 aliphatic rings. The summed E-state index contributed by atoms with van der Waals surface area (Å²) >= 11 is 0. The van der Waals surface area contributed by atoms with E-state index in [1.165, 1.54) is 0 Å². The van der Waals surface area contributed by atoms with Crippen LogP contribution in [-0.4, -0.2) is 74.6 Å². The first-order valence-electron chi connectivity index (χ1n) is 9.16. The van der Waals surface area contributed by atoms with Gasteiger partial charge in [0.1, 0.15) is 0 Å². The smallest absolute Gasteiger partial charge is 0.260 e. The average Bonchev–Trinajstić information content (AvgIpc) is 2.67. The molecule has 26 heavy (non-hydrogen) atoms. The Balaban J connectivity index is 1.70. The van der Waals surface area contributed by atoms with Crippen LogP contribution in [0.5, 0.6) is 11.5 Å². The number of hydrogen-bond donors (Lipinski definition) is 1. The molecule has 1 N–H and O–H groups in total. The summed E-state index contributed by atoms with van der Waals surface area (Å²) in [6.07, 6.45) is 2.07. The minimum Gasteiger partial charge on any atom is -0.493 e. The van der Waals surface area contributed by atoms with Crippen molar-refractivity contribution in [2.24, 2.45) is 0 Å². The number of nitrogens with one attached hydrogen (secondary N) is 1. The van der Waals surface area contributed by atoms with Crippen molar-refractivity contribution < 1.29 is 19.1 Å². The molecule has 1 aromatic carbocycles. The zero-order valence-electron chi connectivity index (χ0n) is 15.7. The molecule has 1 aliphatic heterocycles. The second-order valence-corrected chi connectivity index (χ2v) is 6.30. The maximum atomic E-state index is 12.3. The number of carbonyl (C=O) groups excluding carboxylic acids is 2. The van der Waals surface area contributed by atoms with E-state index in [1.807, 2.05) is 12.1 Å². The Morgan fingerprint density at radius 2 is 1.81 bits per heavy atom. The van der Waals surface area contributed by atoms with Crippen molar-refractivity contribution in [2.75, 3.05) is 53.0 Å². The minimum atomic E-state index is -0.0528. The van der Waals surface area contributed by atoms with Gasteiger partial charge in [0.25, 0.3) is 5.91 Å². The summed E-state index contributed by atoms with van der Waals surface area (Å²) in [5.41, 5.74) is 0. The number of carbonyl (C=O) groups is 2. The Bertz CT molecular complexity index is 586. The Morgan fingerprint density at radius 1 is 1.12 bits per heavy atom. The lowest BCUT2D eigenvalue weighted by molar-refractivity contribution is -0.135. The van der Waals surface area contributed by atoms with Gasteiger partial charge in [-0.3, -0.25) is 14.5 Å². The summed E-state index contributed by atoms with van der Waals surface area (Å²) in [6.45, 7) is 5.81. The van der Waals surface area contributed by atoms with Crippen LogP contribution in [0.1, 0.15) is 19.8 Å². The molecule has 0 bridgehead atoms. The molecule has 0 atom stereocenters. The fourth-order valence-corrected chi connectivity index (χ4v) is 2.79. The summed E-state index contributed by atoms with van der Waals surface area (Å²) in [4.78, 5) is 28.0. The summed E-state index contributed by atoms with van der Waals surface area (Å²) in [7, 11) is 1.57. The quantitative estimate of drug-likeness (QED) is 0.666. The van der Waals surface area contributed by atoms with E-state index in [0.29, 0.717) is 44.2 Å². The van der Waals surface area contributed by atoms with Gasteiger partial charge < -0.3 is 19.7 Å². The summed E-state index contributed by atoms with van der Waals surface area (Å²) in [5.74, 6) is 1.17. The van der Waals surface area contributed by atoms with Gasteiger partial charge in [0, 0.05) is 32.7 Å². The van der Waals surface area contributed by atoms with Gasteiger partial charge in [-0.05, 0) is 18.6 Å². The summed E-state index contributed by atoms with van der Waals surface area (Å²) in [6, 6.07) is 7.27. The van der Waals surface area contributed by atoms with Gasteiger partial charge in [-0.25, -0.2) is 0 Å². The summed E-state index contributed by atoms with van der Waals surface area (Å²) in [5, 5.41) is 2.92. The Labute approximate surface area is 155 Å². The van der Waals surface area contributed by atoms with E-state index in [0.717, 1.165) is 19.4 Å². The van der Waals surface area contributed by atoms with E-state index in [1.54, 1.807) is 24.1 Å². The van der Waals surface area contributed by atoms with E-state index in [-0.39, 0.29) is 18.4 Å². The molecule has 0 aromatic heterocycles. The largest absolute Gasteiger partial charge is 0.493 e. The fourth-order valence-electron chi connectivity index (χ4n) is 2.79. The van der Waals surface area contributed by atoms with Crippen molar-refractivity contribution in [3.05, 3.63) is 24.3 Å². The normalized spacial score (nSPS) is 14.8. The van der Waals surface area contributed by atoms with Gasteiger partial charge in [0.15, 0.2) is 18.1 Å². The van der Waals surface area contributed by atoms with Crippen LogP contribution in [0, 0.1) is 0 Å². The van der Waals surface area contributed by atoms with Crippen LogP contribution >= 0.6 is 0 Å². The molecular formula is C19H29N3O4. The van der Waals surface area contributed by atoms with E-state index in [4.69, 9.17) is 9.47 Å². The first kappa shape index (κ1) is 20.0. The number of amides is 2. The summed E-state index contributed by atoms with van der Waals surface area (Å²) < 4.78 is 10.8. The van der Waals surface area contributed by atoms with Crippen LogP contribution < -0.4 is 14.8 Å². The molecule has 0 saturated carbocycles. The SMILES string of the molecule is CCCCNC(=O)CN1CCN(C(=O)COc2ccccc2OC)CC1. The predicted molar refractivity (Wildman–Crippen MR) is 99.4 cm³/mol. The zero-order valence-corrected chi connectivity index (χ0v) is 15.7. The van der Waals surface area contributed by atoms with Crippen LogP contribution in [-0.2, 0) is 9.59 Å². The monoisotopic (exact) mass is 363 g/mol. The molecule has 7 heteroatoms. The highest BCUT2D eigenvalue weighted by Crippen LogP contribution is 2.25. The Hall–Kier alpha value is -2.28. The van der Waals surface area contributed by atoms with E-state index >= 15 is 0 Å². The molecule has 144 valence electrons. The molecule has 7 nitrogen and oxygen atoms in total. The number of unbranched alkanes of at least 4 members (excludes halogenated alkanes) is 1. The highest BCUT2D eigenvalue weighted by molar-refractivity contribution is 5.79. The third-order valence-electron chi connectivity index (χ3n) is 4.36. The van der Waals surface area contributed by atoms with E-state index < -0.39 is 0 Å². The molecule has 0 spiro atoms. The van der Waals surface area contributed by atoms with Gasteiger partial charge in [0.2, 0.25) is 5.91 Å². The van der Waals surface area contributed by atoms with Crippen molar-refractivity contribution in [1.29, 1.82) is 0 Å². The van der Waals surface area contributed by atoms with Gasteiger partial charge in [-0.15, -0.1) is 0 Å². The van der Waals surface area contributed by atoms with E-state index in [9.17, 15) is 9.59 Å². The van der Waals surface area contributed by atoms with Gasteiger partial charge in [0.05, 0.1) is 13.7 Å². The van der Waals surface area contributed by atoms with Crippen LogP contribution in [0.25, 0.3) is 0 Å². The third-order valence-corrected chi connectivity index (χ3v) is 4.36. The third kappa shape index (κ3) is 6.22. The van der Waals surface area contributed by atoms with Gasteiger partial charge >= 0.3 is 0 Å². The van der Waals surface area contributed by atoms with Gasteiger partial charge in [-0.2, -0.15) is 0 Å². The number of piperazine rings is 1. The highest BCUT2D eigenvalue weighted by Gasteiger charge is 2.22. The van der Waals surface area contributed by atoms with Crippen LogP contribution in [0.3, 0.4) is 0 Å². The maximum absolute atomic E-state index is 12.3. The first-order valence-corrected chi connectivity index (χ1v) is 9.16. The number of benzene rings is 1. The lowest BCUT2D eigenvalue weighted by Gasteiger charge is -2.34. The molecule has 2 rings (SSSR count). The number of nitrogens with zero attached hydrogens (tertiary/aromatic N) is 2. The topological polar surface area (TPSA) is 71.1 Å². The zero-order chi connectivity index (χ0) is 18.8. The molecule has 1 fully saturated rings. The van der Waals surface area contributed by atoms with Crippen molar-refractivity contribution in [3.8, 4) is 11.5 Å². The minimum absolute atomic E-state index is 0.0160. The fraction of sp³-hybridized carbons (Fsp3) is 0.579. The molecule has 0 aliphatic carbocycles. The molecule has 0 radical (unpaired) electrons. The molecule has 1 aromatic rings. The number of ether oxygens (including phenoxy) is 2. The van der Waals surface area contributed by atoms with E-state index in [2.05, 4.69) is 17.1 Å². The number of methoxy groups -OCH3 is 1. The van der Waals surface area contributed by atoms with Gasteiger partial charge in [-0.1, -0.05) is 25.5 Å². The molecule has 1 heterocycles. The van der Waals surface area contributed by atoms with Crippen LogP contribution in [0.2, 0.25) is 0 Å². The standard InChI is InChI=1S/C19H29N3O4/c1-3-4-9-20-18(23)14-21-10-12-22(13-11-21)19(24)15-26-17-8-6-5-7-16(17)25-2/h5-8H,3-4,9-15H2,1-2H3,(H,20,23). The van der Waals surface area contributed by atoms with Crippen molar-refractivity contribution in [2.45, 2.75) is 19.8 Å². The second-order valence-electron chi connectivity index (χ2n) is 6.30. The Morgan fingerprint density at radius 3 is 2.46 bits per heavy atom. The maximum Gasteiger partial charge on any atom is 0.260 e. The van der Waals surface area contributed by atoms with Crippen molar-refractivity contribution in [1.82, 2.24) is 15.1 Å². The molecule has 1 saturated heterocycles. The van der Waals surface area contributed by atoms with Crippen LogP contribution in [0.4, 0.5) is 0 Å². The molecule has 0 unspecified atom stereocenters. The molecular weight excluding hydrogens is 334 g/mol. The number of para-hydroxylation sites is 2. The van der Waals surface area contributed by atoms with Crippen LogP contribution in [0.15, 0.2) is 24.3 Å². The van der Waals surface area contributed by atoms with Crippen molar-refractivity contribution in [3.63, 3.8) is 0 Å². The second kappa shape index (κ2) is 10.7. The Kier molecular flexibility index (Phi) is 8.21. The first-order chi connectivity index (χ1) is 12.6. The lowest BCUT2D eigenvalue weighted by Crippen LogP contribution is -2.52. The lowest BCUT2D eigenvalue weighted by atomic mass is 10.3. The number of rotatable bonds is 9.